The molecule has 0 aromatic heterocycles. The van der Waals surface area contributed by atoms with E-state index in [2.05, 4.69) is 41.0 Å². The van der Waals surface area contributed by atoms with Crippen LogP contribution in [0.1, 0.15) is 12.0 Å². The molecule has 0 bridgehead atoms. The summed E-state index contributed by atoms with van der Waals surface area (Å²) in [5.74, 6) is 0.173. The number of likely N-dealkylation sites (tertiary alicyclic amines) is 1. The molecular weight excluding hydrogens is 278 g/mol. The molecule has 2 aliphatic rings. The average molecular weight is 303 g/mol. The van der Waals surface area contributed by atoms with E-state index in [-0.39, 0.29) is 12.0 Å². The van der Waals surface area contributed by atoms with Crippen LogP contribution in [0, 0.1) is 6.92 Å². The van der Waals surface area contributed by atoms with Gasteiger partial charge in [0.1, 0.15) is 0 Å². The van der Waals surface area contributed by atoms with Crippen LogP contribution in [0.3, 0.4) is 0 Å². The van der Waals surface area contributed by atoms with Crippen molar-refractivity contribution in [2.45, 2.75) is 19.4 Å². The van der Waals surface area contributed by atoms with Crippen molar-refractivity contribution < 1.29 is 9.90 Å². The van der Waals surface area contributed by atoms with Crippen LogP contribution in [-0.2, 0) is 4.79 Å². The van der Waals surface area contributed by atoms with Crippen LogP contribution in [0.2, 0.25) is 0 Å². The fourth-order valence-electron chi connectivity index (χ4n) is 3.13. The highest BCUT2D eigenvalue weighted by atomic mass is 16.3. The first kappa shape index (κ1) is 15.3. The number of carbonyl (C=O) groups excluding carboxylic acids is 1. The number of aliphatic hydroxyl groups excluding tert-OH is 1. The Kier molecular flexibility index (Phi) is 4.64. The Morgan fingerprint density at radius 3 is 2.59 bits per heavy atom. The van der Waals surface area contributed by atoms with E-state index in [0.29, 0.717) is 19.5 Å². The summed E-state index contributed by atoms with van der Waals surface area (Å²) in [7, 11) is 0. The Morgan fingerprint density at radius 2 is 1.95 bits per heavy atom. The summed E-state index contributed by atoms with van der Waals surface area (Å²) in [5.41, 5.74) is 2.59. The molecule has 0 saturated carbocycles. The fourth-order valence-corrected chi connectivity index (χ4v) is 3.13. The normalized spacial score (nSPS) is 20.1. The summed E-state index contributed by atoms with van der Waals surface area (Å²) in [6.45, 7) is 8.01. The van der Waals surface area contributed by atoms with Gasteiger partial charge in [-0.3, -0.25) is 9.69 Å². The third-order valence-electron chi connectivity index (χ3n) is 4.60. The predicted octanol–water partition coefficient (Wildman–Crippen LogP) is 0.710. The number of benzene rings is 1. The van der Waals surface area contributed by atoms with Crippen molar-refractivity contribution in [2.75, 3.05) is 50.7 Å². The summed E-state index contributed by atoms with van der Waals surface area (Å²) < 4.78 is 0. The molecule has 2 aliphatic heterocycles. The Hall–Kier alpha value is -1.59. The molecule has 0 aliphatic carbocycles. The first-order valence-corrected chi connectivity index (χ1v) is 8.11. The topological polar surface area (TPSA) is 47.0 Å². The maximum absolute atomic E-state index is 11.9. The molecule has 1 aromatic carbocycles. The lowest BCUT2D eigenvalue weighted by atomic mass is 10.1. The molecular formula is C17H25N3O2. The smallest absolute Gasteiger partial charge is 0.224 e. The monoisotopic (exact) mass is 303 g/mol. The lowest BCUT2D eigenvalue weighted by Crippen LogP contribution is -2.54. The molecule has 0 unspecified atom stereocenters. The van der Waals surface area contributed by atoms with Gasteiger partial charge in [0.2, 0.25) is 5.91 Å². The van der Waals surface area contributed by atoms with Crippen LogP contribution in [0.5, 0.6) is 0 Å². The van der Waals surface area contributed by atoms with Gasteiger partial charge in [0.05, 0.1) is 6.10 Å². The summed E-state index contributed by atoms with van der Waals surface area (Å²) in [6, 6.07) is 8.63. The van der Waals surface area contributed by atoms with Crippen LogP contribution >= 0.6 is 0 Å². The molecule has 2 saturated heterocycles. The minimum absolute atomic E-state index is 0.173. The van der Waals surface area contributed by atoms with E-state index in [4.69, 9.17) is 0 Å². The zero-order valence-corrected chi connectivity index (χ0v) is 13.2. The van der Waals surface area contributed by atoms with Crippen LogP contribution in [0.25, 0.3) is 0 Å². The van der Waals surface area contributed by atoms with Gasteiger partial charge in [-0.1, -0.05) is 12.1 Å². The van der Waals surface area contributed by atoms with Crippen molar-refractivity contribution in [2.24, 2.45) is 0 Å². The van der Waals surface area contributed by atoms with E-state index < -0.39 is 0 Å². The predicted molar refractivity (Wildman–Crippen MR) is 87.0 cm³/mol. The molecule has 3 rings (SSSR count). The standard InChI is InChI=1S/C17H25N3O2/c1-14-3-2-4-15(11-14)19-9-7-18(8-10-19)6-5-17(22)20-12-16(21)13-20/h2-4,11,16,21H,5-10,12-13H2,1H3. The Morgan fingerprint density at radius 1 is 1.23 bits per heavy atom. The van der Waals surface area contributed by atoms with Gasteiger partial charge < -0.3 is 14.9 Å². The van der Waals surface area contributed by atoms with Crippen LogP contribution in [-0.4, -0.2) is 72.7 Å². The Labute approximate surface area is 132 Å². The highest BCUT2D eigenvalue weighted by molar-refractivity contribution is 5.77. The van der Waals surface area contributed by atoms with Crippen molar-refractivity contribution in [1.29, 1.82) is 0 Å². The highest BCUT2D eigenvalue weighted by Crippen LogP contribution is 2.18. The second-order valence-corrected chi connectivity index (χ2v) is 6.37. The van der Waals surface area contributed by atoms with Crippen molar-refractivity contribution in [1.82, 2.24) is 9.80 Å². The molecule has 2 fully saturated rings. The number of hydrogen-bond acceptors (Lipinski definition) is 4. The van der Waals surface area contributed by atoms with Crippen LogP contribution < -0.4 is 4.90 Å². The highest BCUT2D eigenvalue weighted by Gasteiger charge is 2.28. The summed E-state index contributed by atoms with van der Waals surface area (Å²) in [5, 5.41) is 9.23. The quantitative estimate of drug-likeness (QED) is 0.890. The molecule has 5 nitrogen and oxygen atoms in total. The van der Waals surface area contributed by atoms with Gasteiger partial charge in [-0.2, -0.15) is 0 Å². The number of hydrogen-bond donors (Lipinski definition) is 1. The van der Waals surface area contributed by atoms with Crippen molar-refractivity contribution in [3.63, 3.8) is 0 Å². The largest absolute Gasteiger partial charge is 0.389 e. The zero-order valence-electron chi connectivity index (χ0n) is 13.2. The van der Waals surface area contributed by atoms with Crippen molar-refractivity contribution in [3.05, 3.63) is 29.8 Å². The third-order valence-corrected chi connectivity index (χ3v) is 4.60. The number of amides is 1. The Balaban J connectivity index is 1.41. The van der Waals surface area contributed by atoms with Gasteiger partial charge in [-0.25, -0.2) is 0 Å². The molecule has 5 heteroatoms. The number of rotatable bonds is 4. The molecule has 120 valence electrons. The maximum atomic E-state index is 11.9. The summed E-state index contributed by atoms with van der Waals surface area (Å²) in [6.07, 6.45) is 0.263. The molecule has 1 amide bonds. The minimum atomic E-state index is -0.304. The van der Waals surface area contributed by atoms with Crippen LogP contribution in [0.15, 0.2) is 24.3 Å². The lowest BCUT2D eigenvalue weighted by Gasteiger charge is -2.38. The van der Waals surface area contributed by atoms with E-state index >= 15 is 0 Å². The van der Waals surface area contributed by atoms with E-state index in [1.165, 1.54) is 11.3 Å². The van der Waals surface area contributed by atoms with E-state index in [0.717, 1.165) is 32.7 Å². The second kappa shape index (κ2) is 6.67. The van der Waals surface area contributed by atoms with Gasteiger partial charge >= 0.3 is 0 Å². The maximum Gasteiger partial charge on any atom is 0.224 e. The fraction of sp³-hybridized carbons (Fsp3) is 0.588. The number of piperazine rings is 1. The number of nitrogens with zero attached hydrogens (tertiary/aromatic N) is 3. The van der Waals surface area contributed by atoms with Crippen molar-refractivity contribution >= 4 is 11.6 Å². The number of aryl methyl sites for hydroxylation is 1. The molecule has 0 spiro atoms. The van der Waals surface area contributed by atoms with Gasteiger partial charge in [-0.05, 0) is 24.6 Å². The van der Waals surface area contributed by atoms with Crippen molar-refractivity contribution in [3.8, 4) is 0 Å². The average Bonchev–Trinajstić information content (AvgIpc) is 2.50. The van der Waals surface area contributed by atoms with Crippen LogP contribution in [0.4, 0.5) is 5.69 Å². The van der Waals surface area contributed by atoms with Gasteiger partial charge in [-0.15, -0.1) is 0 Å². The van der Waals surface area contributed by atoms with Gasteiger partial charge in [0.15, 0.2) is 0 Å². The van der Waals surface area contributed by atoms with E-state index in [1.807, 2.05) is 0 Å². The van der Waals surface area contributed by atoms with Gasteiger partial charge in [0.25, 0.3) is 0 Å². The second-order valence-electron chi connectivity index (χ2n) is 6.37. The van der Waals surface area contributed by atoms with E-state index in [9.17, 15) is 9.90 Å². The SMILES string of the molecule is Cc1cccc(N2CCN(CCC(=O)N3CC(O)C3)CC2)c1. The number of β-amino-alcohol motifs (C(OH)–C–C–N with tert-alkyl or cyclic N) is 1. The molecule has 2 heterocycles. The van der Waals surface area contributed by atoms with E-state index in [1.54, 1.807) is 4.90 Å². The minimum Gasteiger partial charge on any atom is -0.389 e. The third kappa shape index (κ3) is 3.59. The lowest BCUT2D eigenvalue weighted by molar-refractivity contribution is -0.141. The zero-order chi connectivity index (χ0) is 15.5. The molecule has 1 aromatic rings. The number of aliphatic hydroxyl groups is 1. The molecule has 0 atom stereocenters. The molecule has 0 radical (unpaired) electrons. The first-order chi connectivity index (χ1) is 10.6. The molecule has 22 heavy (non-hydrogen) atoms. The summed E-state index contributed by atoms with van der Waals surface area (Å²) in [4.78, 5) is 18.4. The number of anilines is 1. The summed E-state index contributed by atoms with van der Waals surface area (Å²) >= 11 is 0. The Bertz CT molecular complexity index is 520. The molecule has 1 N–H and O–H groups in total. The van der Waals surface area contributed by atoms with Gasteiger partial charge in [0, 0.05) is 57.9 Å². The first-order valence-electron chi connectivity index (χ1n) is 8.11. The number of carbonyl (C=O) groups is 1.